The van der Waals surface area contributed by atoms with Crippen LogP contribution in [0.15, 0.2) is 67.1 Å². The molecule has 4 rings (SSSR count). The Morgan fingerprint density at radius 1 is 1.00 bits per heavy atom. The monoisotopic (exact) mass is 329 g/mol. The summed E-state index contributed by atoms with van der Waals surface area (Å²) < 4.78 is 1.82. The Labute approximate surface area is 144 Å². The highest BCUT2D eigenvalue weighted by molar-refractivity contribution is 5.88. The van der Waals surface area contributed by atoms with Gasteiger partial charge < -0.3 is 5.32 Å². The molecule has 6 nitrogen and oxygen atoms in total. The van der Waals surface area contributed by atoms with Gasteiger partial charge in [0.05, 0.1) is 17.6 Å². The Hall–Kier alpha value is -3.54. The van der Waals surface area contributed by atoms with Crippen molar-refractivity contribution in [2.75, 3.05) is 5.32 Å². The van der Waals surface area contributed by atoms with Gasteiger partial charge in [0.1, 0.15) is 0 Å². The molecule has 0 unspecified atom stereocenters. The molecule has 1 N–H and O–H groups in total. The third kappa shape index (κ3) is 2.97. The highest BCUT2D eigenvalue weighted by atomic mass is 16.1. The first-order chi connectivity index (χ1) is 12.2. The molecule has 3 aromatic heterocycles. The first-order valence-electron chi connectivity index (χ1n) is 7.84. The summed E-state index contributed by atoms with van der Waals surface area (Å²) in [6.45, 7) is 1.49. The maximum atomic E-state index is 11.1. The van der Waals surface area contributed by atoms with Gasteiger partial charge in [-0.3, -0.25) is 9.78 Å². The van der Waals surface area contributed by atoms with Crippen molar-refractivity contribution in [3.63, 3.8) is 0 Å². The van der Waals surface area contributed by atoms with E-state index in [1.807, 2.05) is 53.0 Å². The predicted octanol–water partition coefficient (Wildman–Crippen LogP) is 3.42. The van der Waals surface area contributed by atoms with Crippen molar-refractivity contribution in [3.8, 4) is 22.5 Å². The fourth-order valence-corrected chi connectivity index (χ4v) is 2.67. The Morgan fingerprint density at radius 2 is 1.84 bits per heavy atom. The summed E-state index contributed by atoms with van der Waals surface area (Å²) in [5.74, 6) is -0.0923. The van der Waals surface area contributed by atoms with E-state index >= 15 is 0 Å². The number of nitrogens with one attached hydrogen (secondary N) is 1. The van der Waals surface area contributed by atoms with Crippen LogP contribution in [-0.4, -0.2) is 25.5 Å². The molecule has 0 radical (unpaired) electrons. The highest BCUT2D eigenvalue weighted by Crippen LogP contribution is 2.24. The molecule has 4 aromatic rings. The molecule has 0 aliphatic carbocycles. The number of hydrogen-bond donors (Lipinski definition) is 1. The van der Waals surface area contributed by atoms with Gasteiger partial charge in [0, 0.05) is 36.1 Å². The lowest BCUT2D eigenvalue weighted by molar-refractivity contribution is -0.114. The van der Waals surface area contributed by atoms with Crippen LogP contribution in [0, 0.1) is 0 Å². The van der Waals surface area contributed by atoms with Gasteiger partial charge in [-0.05, 0) is 36.4 Å². The molecule has 1 aromatic carbocycles. The minimum Gasteiger partial charge on any atom is -0.326 e. The normalized spacial score (nSPS) is 10.8. The Bertz CT molecular complexity index is 1040. The van der Waals surface area contributed by atoms with Crippen LogP contribution in [0.1, 0.15) is 6.92 Å². The lowest BCUT2D eigenvalue weighted by Crippen LogP contribution is -2.05. The van der Waals surface area contributed by atoms with Crippen LogP contribution in [0.5, 0.6) is 0 Å². The summed E-state index contributed by atoms with van der Waals surface area (Å²) in [6.07, 6.45) is 5.32. The Morgan fingerprint density at radius 3 is 2.56 bits per heavy atom. The van der Waals surface area contributed by atoms with E-state index in [0.717, 1.165) is 33.8 Å². The number of aromatic nitrogens is 4. The summed E-state index contributed by atoms with van der Waals surface area (Å²) in [5, 5.41) is 7.46. The SMILES string of the molecule is CC(=O)Nc1ccc(-c2cnc3ccc(-c4cccnc4)nn23)cc1. The van der Waals surface area contributed by atoms with Crippen LogP contribution in [0.2, 0.25) is 0 Å². The van der Waals surface area contributed by atoms with E-state index in [-0.39, 0.29) is 5.91 Å². The first-order valence-corrected chi connectivity index (χ1v) is 7.84. The van der Waals surface area contributed by atoms with Crippen LogP contribution >= 0.6 is 0 Å². The van der Waals surface area contributed by atoms with Gasteiger partial charge in [-0.15, -0.1) is 0 Å². The minimum atomic E-state index is -0.0923. The van der Waals surface area contributed by atoms with E-state index in [2.05, 4.69) is 15.3 Å². The van der Waals surface area contributed by atoms with E-state index in [1.165, 1.54) is 6.92 Å². The second-order valence-corrected chi connectivity index (χ2v) is 5.63. The molecule has 0 fully saturated rings. The van der Waals surface area contributed by atoms with Gasteiger partial charge in [-0.2, -0.15) is 5.10 Å². The van der Waals surface area contributed by atoms with Crippen molar-refractivity contribution < 1.29 is 4.79 Å². The molecule has 0 atom stereocenters. The molecule has 1 amide bonds. The number of imidazole rings is 1. The number of benzene rings is 1. The average Bonchev–Trinajstić information content (AvgIpc) is 3.06. The topological polar surface area (TPSA) is 72.2 Å². The molecule has 0 spiro atoms. The molecule has 0 bridgehead atoms. The smallest absolute Gasteiger partial charge is 0.221 e. The van der Waals surface area contributed by atoms with Crippen molar-refractivity contribution in [1.82, 2.24) is 19.6 Å². The van der Waals surface area contributed by atoms with Crippen LogP contribution in [0.3, 0.4) is 0 Å². The molecule has 0 aliphatic heterocycles. The second-order valence-electron chi connectivity index (χ2n) is 5.63. The van der Waals surface area contributed by atoms with Crippen molar-refractivity contribution in [1.29, 1.82) is 0 Å². The maximum absolute atomic E-state index is 11.1. The quantitative estimate of drug-likeness (QED) is 0.625. The molecule has 0 aliphatic rings. The van der Waals surface area contributed by atoms with Crippen molar-refractivity contribution in [2.24, 2.45) is 0 Å². The highest BCUT2D eigenvalue weighted by Gasteiger charge is 2.09. The van der Waals surface area contributed by atoms with Gasteiger partial charge in [0.2, 0.25) is 5.91 Å². The van der Waals surface area contributed by atoms with Gasteiger partial charge in [-0.25, -0.2) is 9.50 Å². The Balaban J connectivity index is 1.76. The first kappa shape index (κ1) is 15.0. The summed E-state index contributed by atoms with van der Waals surface area (Å²) >= 11 is 0. The van der Waals surface area contributed by atoms with E-state index in [9.17, 15) is 4.79 Å². The zero-order valence-corrected chi connectivity index (χ0v) is 13.5. The van der Waals surface area contributed by atoms with Crippen molar-refractivity contribution in [2.45, 2.75) is 6.92 Å². The number of pyridine rings is 1. The zero-order valence-electron chi connectivity index (χ0n) is 13.5. The summed E-state index contributed by atoms with van der Waals surface area (Å²) in [4.78, 5) is 19.7. The van der Waals surface area contributed by atoms with Crippen LogP contribution in [0.4, 0.5) is 5.69 Å². The van der Waals surface area contributed by atoms with Crippen molar-refractivity contribution >= 4 is 17.2 Å². The number of carbonyl (C=O) groups is 1. The predicted molar refractivity (Wildman–Crippen MR) is 96.0 cm³/mol. The third-order valence-electron chi connectivity index (χ3n) is 3.82. The average molecular weight is 329 g/mol. The molecule has 6 heteroatoms. The van der Waals surface area contributed by atoms with Crippen LogP contribution in [0.25, 0.3) is 28.2 Å². The largest absolute Gasteiger partial charge is 0.326 e. The van der Waals surface area contributed by atoms with E-state index in [4.69, 9.17) is 5.10 Å². The fraction of sp³-hybridized carbons (Fsp3) is 0.0526. The van der Waals surface area contributed by atoms with Gasteiger partial charge in [0.15, 0.2) is 5.65 Å². The number of hydrogen-bond acceptors (Lipinski definition) is 4. The third-order valence-corrected chi connectivity index (χ3v) is 3.82. The zero-order chi connectivity index (χ0) is 17.2. The number of anilines is 1. The van der Waals surface area contributed by atoms with Gasteiger partial charge in [-0.1, -0.05) is 12.1 Å². The minimum absolute atomic E-state index is 0.0923. The standard InChI is InChI=1S/C19H15N5O/c1-13(25)22-16-6-4-14(5-7-16)18-12-21-19-9-8-17(23-24(18)19)15-3-2-10-20-11-15/h2-12H,1H3,(H,22,25). The van der Waals surface area contributed by atoms with Crippen LogP contribution in [-0.2, 0) is 4.79 Å². The van der Waals surface area contributed by atoms with Crippen molar-refractivity contribution in [3.05, 3.63) is 67.1 Å². The maximum Gasteiger partial charge on any atom is 0.221 e. The Kier molecular flexibility index (Phi) is 3.70. The number of amides is 1. The van der Waals surface area contributed by atoms with E-state index < -0.39 is 0 Å². The molecule has 25 heavy (non-hydrogen) atoms. The number of nitrogens with zero attached hydrogens (tertiary/aromatic N) is 4. The molecule has 0 saturated carbocycles. The van der Waals surface area contributed by atoms with Gasteiger partial charge in [0.25, 0.3) is 0 Å². The summed E-state index contributed by atoms with van der Waals surface area (Å²) in [5.41, 5.74) is 5.16. The summed E-state index contributed by atoms with van der Waals surface area (Å²) in [6, 6.07) is 15.3. The molecular weight excluding hydrogens is 314 g/mol. The number of carbonyl (C=O) groups excluding carboxylic acids is 1. The molecular formula is C19H15N5O. The molecule has 122 valence electrons. The fourth-order valence-electron chi connectivity index (χ4n) is 2.67. The molecule has 3 heterocycles. The lowest BCUT2D eigenvalue weighted by atomic mass is 10.1. The summed E-state index contributed by atoms with van der Waals surface area (Å²) in [7, 11) is 0. The van der Waals surface area contributed by atoms with E-state index in [0.29, 0.717) is 0 Å². The molecule has 0 saturated heterocycles. The van der Waals surface area contributed by atoms with Crippen LogP contribution < -0.4 is 5.32 Å². The van der Waals surface area contributed by atoms with E-state index in [1.54, 1.807) is 18.6 Å². The second kappa shape index (κ2) is 6.16. The lowest BCUT2D eigenvalue weighted by Gasteiger charge is -2.06. The number of fused-ring (bicyclic) bond motifs is 1. The van der Waals surface area contributed by atoms with Gasteiger partial charge >= 0.3 is 0 Å². The number of rotatable bonds is 3.